The molecule has 2 heterocycles. The van der Waals surface area contributed by atoms with Gasteiger partial charge in [-0.3, -0.25) is 4.79 Å². The smallest absolute Gasteiger partial charge is 0.270 e. The maximum atomic E-state index is 12.1. The summed E-state index contributed by atoms with van der Waals surface area (Å²) in [6.45, 7) is 5.00. The Morgan fingerprint density at radius 3 is 2.86 bits per heavy atom. The molecule has 22 heavy (non-hydrogen) atoms. The van der Waals surface area contributed by atoms with E-state index in [1.807, 2.05) is 19.9 Å². The third kappa shape index (κ3) is 2.82. The topological polar surface area (TPSA) is 45.2 Å². The summed E-state index contributed by atoms with van der Waals surface area (Å²) in [6.07, 6.45) is 3.74. The van der Waals surface area contributed by atoms with E-state index in [0.29, 0.717) is 5.69 Å². The normalized spacial score (nSPS) is 14.5. The van der Waals surface area contributed by atoms with Crippen molar-refractivity contribution in [2.75, 3.05) is 11.4 Å². The fourth-order valence-electron chi connectivity index (χ4n) is 2.69. The molecule has 1 aliphatic rings. The van der Waals surface area contributed by atoms with Gasteiger partial charge in [0.25, 0.3) is 5.91 Å². The summed E-state index contributed by atoms with van der Waals surface area (Å²) in [5, 5.41) is 2.94. The van der Waals surface area contributed by atoms with Crippen LogP contribution >= 0.6 is 0 Å². The van der Waals surface area contributed by atoms with Crippen LogP contribution in [0, 0.1) is 0 Å². The van der Waals surface area contributed by atoms with Crippen LogP contribution in [0.3, 0.4) is 0 Å². The lowest BCUT2D eigenvalue weighted by atomic mass is 10.2. The Balaban J connectivity index is 1.77. The average Bonchev–Trinajstić information content (AvgIpc) is 2.99. The molecule has 0 aliphatic carbocycles. The van der Waals surface area contributed by atoms with Gasteiger partial charge in [-0.25, -0.2) is 4.98 Å². The van der Waals surface area contributed by atoms with Gasteiger partial charge in [-0.2, -0.15) is 0 Å². The highest BCUT2D eigenvalue weighted by Gasteiger charge is 2.20. The second-order valence-corrected chi connectivity index (χ2v) is 5.71. The number of pyridine rings is 1. The number of nitrogens with zero attached hydrogens (tertiary/aromatic N) is 2. The van der Waals surface area contributed by atoms with E-state index >= 15 is 0 Å². The number of hydrogen-bond acceptors (Lipinski definition) is 3. The highest BCUT2D eigenvalue weighted by atomic mass is 16.1. The van der Waals surface area contributed by atoms with E-state index in [-0.39, 0.29) is 11.9 Å². The molecule has 4 nitrogen and oxygen atoms in total. The predicted octanol–water partition coefficient (Wildman–Crippen LogP) is 3.30. The molecule has 0 radical (unpaired) electrons. The first-order chi connectivity index (χ1) is 10.7. The van der Waals surface area contributed by atoms with Crippen molar-refractivity contribution < 1.29 is 4.79 Å². The first kappa shape index (κ1) is 14.6. The molecule has 1 aromatic heterocycles. The number of fused-ring (bicyclic) bond motifs is 1. The molecule has 1 amide bonds. The Morgan fingerprint density at radius 2 is 2.14 bits per heavy atom. The molecule has 1 unspecified atom stereocenters. The number of nitrogens with one attached hydrogen (secondary N) is 1. The third-order valence-electron chi connectivity index (χ3n) is 4.17. The molecule has 1 aliphatic heterocycles. The zero-order valence-electron chi connectivity index (χ0n) is 13.0. The van der Waals surface area contributed by atoms with Crippen LogP contribution in [0.2, 0.25) is 0 Å². The molecule has 0 bridgehead atoms. The van der Waals surface area contributed by atoms with Gasteiger partial charge in [-0.1, -0.05) is 25.1 Å². The van der Waals surface area contributed by atoms with Crippen LogP contribution in [0.15, 0.2) is 42.6 Å². The number of rotatable bonds is 4. The Kier molecular flexibility index (Phi) is 4.09. The lowest BCUT2D eigenvalue weighted by Crippen LogP contribution is -2.32. The molecule has 4 heteroatoms. The molecule has 1 atom stereocenters. The zero-order chi connectivity index (χ0) is 15.5. The maximum absolute atomic E-state index is 12.1. The molecule has 0 fully saturated rings. The molecule has 0 spiro atoms. The first-order valence-corrected chi connectivity index (χ1v) is 7.81. The Labute approximate surface area is 131 Å². The first-order valence-electron chi connectivity index (χ1n) is 7.81. The van der Waals surface area contributed by atoms with Crippen LogP contribution in [-0.2, 0) is 6.42 Å². The number of hydrogen-bond donors (Lipinski definition) is 1. The van der Waals surface area contributed by atoms with E-state index in [0.717, 1.165) is 25.1 Å². The molecule has 114 valence electrons. The minimum atomic E-state index is -0.109. The van der Waals surface area contributed by atoms with Crippen molar-refractivity contribution in [3.8, 4) is 0 Å². The number of anilines is 2. The van der Waals surface area contributed by atoms with Gasteiger partial charge in [0.15, 0.2) is 0 Å². The van der Waals surface area contributed by atoms with Crippen LogP contribution in [-0.4, -0.2) is 23.5 Å². The van der Waals surface area contributed by atoms with Crippen molar-refractivity contribution in [3.63, 3.8) is 0 Å². The maximum Gasteiger partial charge on any atom is 0.270 e. The highest BCUT2D eigenvalue weighted by molar-refractivity contribution is 5.92. The van der Waals surface area contributed by atoms with Gasteiger partial charge >= 0.3 is 0 Å². The second-order valence-electron chi connectivity index (χ2n) is 5.71. The third-order valence-corrected chi connectivity index (χ3v) is 4.17. The van der Waals surface area contributed by atoms with Crippen molar-refractivity contribution in [2.24, 2.45) is 0 Å². The Bertz CT molecular complexity index is 666. The number of carbonyl (C=O) groups excluding carboxylic acids is 1. The molecular formula is C18H21N3O. The largest absolute Gasteiger partial charge is 0.348 e. The van der Waals surface area contributed by atoms with Crippen molar-refractivity contribution in [2.45, 2.75) is 32.7 Å². The van der Waals surface area contributed by atoms with Gasteiger partial charge in [-0.05, 0) is 43.5 Å². The standard InChI is InChI=1S/C18H21N3O/c1-3-13(2)20-18(22)16-9-8-15(12-19-16)21-11-10-14-6-4-5-7-17(14)21/h4-9,12-13H,3,10-11H2,1-2H3,(H,20,22). The molecule has 2 aromatic rings. The van der Waals surface area contributed by atoms with Crippen LogP contribution < -0.4 is 10.2 Å². The molecule has 0 saturated heterocycles. The number of carbonyl (C=O) groups is 1. The van der Waals surface area contributed by atoms with Crippen LogP contribution in [0.1, 0.15) is 36.3 Å². The summed E-state index contributed by atoms with van der Waals surface area (Å²) in [5.74, 6) is -0.109. The highest BCUT2D eigenvalue weighted by Crippen LogP contribution is 2.33. The SMILES string of the molecule is CCC(C)NC(=O)c1ccc(N2CCc3ccccc32)cn1. The summed E-state index contributed by atoms with van der Waals surface area (Å²) in [7, 11) is 0. The van der Waals surface area contributed by atoms with Crippen molar-refractivity contribution >= 4 is 17.3 Å². The minimum Gasteiger partial charge on any atom is -0.348 e. The fourth-order valence-corrected chi connectivity index (χ4v) is 2.69. The van der Waals surface area contributed by atoms with Crippen LogP contribution in [0.4, 0.5) is 11.4 Å². The summed E-state index contributed by atoms with van der Waals surface area (Å²) >= 11 is 0. The summed E-state index contributed by atoms with van der Waals surface area (Å²) in [5.41, 5.74) is 4.10. The van der Waals surface area contributed by atoms with Gasteiger partial charge in [0.1, 0.15) is 5.69 Å². The van der Waals surface area contributed by atoms with E-state index in [2.05, 4.69) is 39.5 Å². The van der Waals surface area contributed by atoms with E-state index in [9.17, 15) is 4.79 Å². The Morgan fingerprint density at radius 1 is 1.32 bits per heavy atom. The lowest BCUT2D eigenvalue weighted by Gasteiger charge is -2.19. The lowest BCUT2D eigenvalue weighted by molar-refractivity contribution is 0.0934. The Hall–Kier alpha value is -2.36. The summed E-state index contributed by atoms with van der Waals surface area (Å²) in [4.78, 5) is 18.6. The predicted molar refractivity (Wildman–Crippen MR) is 88.6 cm³/mol. The van der Waals surface area contributed by atoms with E-state index in [1.54, 1.807) is 12.3 Å². The molecule has 0 saturated carbocycles. The summed E-state index contributed by atoms with van der Waals surface area (Å²) < 4.78 is 0. The number of para-hydroxylation sites is 1. The van der Waals surface area contributed by atoms with E-state index in [1.165, 1.54) is 11.3 Å². The zero-order valence-corrected chi connectivity index (χ0v) is 13.0. The minimum absolute atomic E-state index is 0.109. The van der Waals surface area contributed by atoms with Gasteiger partial charge < -0.3 is 10.2 Å². The van der Waals surface area contributed by atoms with E-state index in [4.69, 9.17) is 0 Å². The number of benzene rings is 1. The van der Waals surface area contributed by atoms with E-state index < -0.39 is 0 Å². The van der Waals surface area contributed by atoms with Gasteiger partial charge in [0.2, 0.25) is 0 Å². The van der Waals surface area contributed by atoms with Crippen molar-refractivity contribution in [1.29, 1.82) is 0 Å². The molecule has 1 N–H and O–H groups in total. The fraction of sp³-hybridized carbons (Fsp3) is 0.333. The number of aromatic nitrogens is 1. The monoisotopic (exact) mass is 295 g/mol. The van der Waals surface area contributed by atoms with Crippen molar-refractivity contribution in [3.05, 3.63) is 53.9 Å². The molecule has 1 aromatic carbocycles. The second kappa shape index (κ2) is 6.18. The summed E-state index contributed by atoms with van der Waals surface area (Å²) in [6, 6.07) is 12.4. The van der Waals surface area contributed by atoms with Gasteiger partial charge in [0.05, 0.1) is 11.9 Å². The molecular weight excluding hydrogens is 274 g/mol. The quantitative estimate of drug-likeness (QED) is 0.941. The number of amides is 1. The van der Waals surface area contributed by atoms with Crippen molar-refractivity contribution in [1.82, 2.24) is 10.3 Å². The van der Waals surface area contributed by atoms with Gasteiger partial charge in [-0.15, -0.1) is 0 Å². The molecule has 3 rings (SSSR count). The van der Waals surface area contributed by atoms with Crippen LogP contribution in [0.5, 0.6) is 0 Å². The van der Waals surface area contributed by atoms with Gasteiger partial charge in [0, 0.05) is 18.3 Å². The average molecular weight is 295 g/mol. The van der Waals surface area contributed by atoms with Crippen LogP contribution in [0.25, 0.3) is 0 Å².